The highest BCUT2D eigenvalue weighted by Crippen LogP contribution is 2.18. The number of hydrogen-bond acceptors (Lipinski definition) is 7. The molecule has 1 aromatic carbocycles. The molecule has 9 heteroatoms. The summed E-state index contributed by atoms with van der Waals surface area (Å²) in [7, 11) is 0. The molecule has 3 aromatic rings. The number of benzene rings is 1. The fourth-order valence-electron chi connectivity index (χ4n) is 2.52. The number of ether oxygens (including phenoxy) is 1. The molecule has 0 radical (unpaired) electrons. The third-order valence-corrected chi connectivity index (χ3v) is 4.84. The molecular formula is C19H21N5O3S. The number of hydrogen-bond donors (Lipinski definition) is 1. The molecule has 0 aliphatic carbocycles. The van der Waals surface area contributed by atoms with Gasteiger partial charge in [0.2, 0.25) is 11.7 Å². The van der Waals surface area contributed by atoms with Crippen LogP contribution in [0.25, 0.3) is 11.4 Å². The summed E-state index contributed by atoms with van der Waals surface area (Å²) in [5, 5.41) is 17.0. The highest BCUT2D eigenvalue weighted by Gasteiger charge is 2.15. The van der Waals surface area contributed by atoms with E-state index in [1.54, 1.807) is 49.4 Å². The number of rotatable bonds is 7. The van der Waals surface area contributed by atoms with E-state index >= 15 is 0 Å². The smallest absolute Gasteiger partial charge is 0.338 e. The Balaban J connectivity index is 1.65. The number of tetrazole rings is 1. The second-order valence-electron chi connectivity index (χ2n) is 6.48. The van der Waals surface area contributed by atoms with Gasteiger partial charge in [-0.2, -0.15) is 4.80 Å². The van der Waals surface area contributed by atoms with Gasteiger partial charge in [-0.1, -0.05) is 18.2 Å². The minimum Gasteiger partial charge on any atom is -0.459 e. The van der Waals surface area contributed by atoms with Crippen LogP contribution in [0.2, 0.25) is 0 Å². The lowest BCUT2D eigenvalue weighted by molar-refractivity contribution is -0.122. The molecule has 1 N–H and O–H groups in total. The van der Waals surface area contributed by atoms with E-state index in [4.69, 9.17) is 4.74 Å². The second-order valence-corrected chi connectivity index (χ2v) is 7.46. The Kier molecular flexibility index (Phi) is 6.15. The third kappa shape index (κ3) is 5.01. The van der Waals surface area contributed by atoms with E-state index in [1.807, 2.05) is 24.4 Å². The average Bonchev–Trinajstić information content (AvgIpc) is 3.33. The first-order valence-corrected chi connectivity index (χ1v) is 9.72. The van der Waals surface area contributed by atoms with E-state index in [0.717, 1.165) is 4.88 Å². The number of carbonyl (C=O) groups is 2. The zero-order chi connectivity index (χ0) is 20.1. The zero-order valence-corrected chi connectivity index (χ0v) is 16.6. The maximum absolute atomic E-state index is 12.2. The van der Waals surface area contributed by atoms with Crippen LogP contribution in [-0.4, -0.2) is 38.2 Å². The zero-order valence-electron chi connectivity index (χ0n) is 15.8. The Morgan fingerprint density at radius 3 is 2.75 bits per heavy atom. The van der Waals surface area contributed by atoms with Crippen molar-refractivity contribution < 1.29 is 14.3 Å². The van der Waals surface area contributed by atoms with Gasteiger partial charge in [0, 0.05) is 10.4 Å². The number of esters is 1. The van der Waals surface area contributed by atoms with Crippen molar-refractivity contribution in [2.45, 2.75) is 39.5 Å². The summed E-state index contributed by atoms with van der Waals surface area (Å²) in [6, 6.07) is 10.6. The summed E-state index contributed by atoms with van der Waals surface area (Å²) < 4.78 is 5.20. The molecule has 2 aromatic heterocycles. The Bertz CT molecular complexity index is 952. The topological polar surface area (TPSA) is 99.0 Å². The summed E-state index contributed by atoms with van der Waals surface area (Å²) in [4.78, 5) is 26.6. The molecule has 0 fully saturated rings. The monoisotopic (exact) mass is 399 g/mol. The second kappa shape index (κ2) is 8.75. The summed E-state index contributed by atoms with van der Waals surface area (Å²) in [6.07, 6.45) is -0.203. The molecule has 28 heavy (non-hydrogen) atoms. The number of nitrogens with one attached hydrogen (secondary N) is 1. The van der Waals surface area contributed by atoms with Gasteiger partial charge in [0.25, 0.3) is 0 Å². The highest BCUT2D eigenvalue weighted by atomic mass is 32.1. The van der Waals surface area contributed by atoms with Crippen molar-refractivity contribution in [1.29, 1.82) is 0 Å². The van der Waals surface area contributed by atoms with Crippen LogP contribution in [-0.2, 0) is 16.1 Å². The first-order valence-electron chi connectivity index (χ1n) is 8.84. The Morgan fingerprint density at radius 2 is 2.04 bits per heavy atom. The molecule has 3 rings (SSSR count). The minimum absolute atomic E-state index is 0.0439. The molecule has 0 spiro atoms. The SMILES string of the molecule is CC(C)OC(=O)c1cccc(-c2nnn(CC(=O)NC(C)c3cccs3)n2)c1. The molecule has 1 amide bonds. The van der Waals surface area contributed by atoms with Crippen molar-refractivity contribution in [3.63, 3.8) is 0 Å². The van der Waals surface area contributed by atoms with E-state index in [9.17, 15) is 9.59 Å². The number of carbonyl (C=O) groups excluding carboxylic acids is 2. The van der Waals surface area contributed by atoms with Gasteiger partial charge in [-0.3, -0.25) is 4.79 Å². The molecule has 8 nitrogen and oxygen atoms in total. The van der Waals surface area contributed by atoms with Crippen molar-refractivity contribution in [2.24, 2.45) is 0 Å². The van der Waals surface area contributed by atoms with Gasteiger partial charge in [-0.25, -0.2) is 4.79 Å². The quantitative estimate of drug-likeness (QED) is 0.614. The maximum Gasteiger partial charge on any atom is 0.338 e. The van der Waals surface area contributed by atoms with Gasteiger partial charge >= 0.3 is 5.97 Å². The van der Waals surface area contributed by atoms with Gasteiger partial charge in [0.15, 0.2) is 0 Å². The van der Waals surface area contributed by atoms with Crippen LogP contribution in [0.5, 0.6) is 0 Å². The van der Waals surface area contributed by atoms with Crippen LogP contribution in [0, 0.1) is 0 Å². The van der Waals surface area contributed by atoms with Crippen LogP contribution >= 0.6 is 11.3 Å². The summed E-state index contributed by atoms with van der Waals surface area (Å²) >= 11 is 1.58. The van der Waals surface area contributed by atoms with Crippen LogP contribution in [0.1, 0.15) is 42.0 Å². The maximum atomic E-state index is 12.2. The van der Waals surface area contributed by atoms with E-state index in [1.165, 1.54) is 4.80 Å². The Hall–Kier alpha value is -3.07. The molecule has 0 saturated carbocycles. The lowest BCUT2D eigenvalue weighted by atomic mass is 10.1. The average molecular weight is 399 g/mol. The molecule has 0 bridgehead atoms. The van der Waals surface area contributed by atoms with Gasteiger partial charge in [0.1, 0.15) is 6.54 Å². The predicted molar refractivity (Wildman–Crippen MR) is 105 cm³/mol. The fourth-order valence-corrected chi connectivity index (χ4v) is 3.25. The largest absolute Gasteiger partial charge is 0.459 e. The third-order valence-electron chi connectivity index (χ3n) is 3.78. The lowest BCUT2D eigenvalue weighted by Crippen LogP contribution is -2.30. The standard InChI is InChI=1S/C19H21N5O3S/c1-12(2)27-19(26)15-7-4-6-14(10-15)18-21-23-24(22-18)11-17(25)20-13(3)16-8-5-9-28-16/h4-10,12-13H,11H2,1-3H3,(H,20,25). The molecule has 2 heterocycles. The highest BCUT2D eigenvalue weighted by molar-refractivity contribution is 7.10. The van der Waals surface area contributed by atoms with E-state index in [-0.39, 0.29) is 24.6 Å². The normalized spacial score (nSPS) is 12.0. The molecule has 0 saturated heterocycles. The van der Waals surface area contributed by atoms with Crippen molar-refractivity contribution >= 4 is 23.2 Å². The van der Waals surface area contributed by atoms with Crippen molar-refractivity contribution in [2.75, 3.05) is 0 Å². The fraction of sp³-hybridized carbons (Fsp3) is 0.316. The Labute approximate surface area is 166 Å². The molecular weight excluding hydrogens is 378 g/mol. The van der Waals surface area contributed by atoms with Crippen LogP contribution in [0.4, 0.5) is 0 Å². The molecule has 146 valence electrons. The van der Waals surface area contributed by atoms with Crippen molar-refractivity contribution in [3.8, 4) is 11.4 Å². The van der Waals surface area contributed by atoms with E-state index < -0.39 is 5.97 Å². The van der Waals surface area contributed by atoms with Gasteiger partial charge in [-0.15, -0.1) is 21.5 Å². The number of amides is 1. The number of aromatic nitrogens is 4. The minimum atomic E-state index is -0.411. The van der Waals surface area contributed by atoms with Crippen molar-refractivity contribution in [1.82, 2.24) is 25.5 Å². The first-order chi connectivity index (χ1) is 13.4. The van der Waals surface area contributed by atoms with Gasteiger partial charge in [-0.05, 0) is 49.6 Å². The Morgan fingerprint density at radius 1 is 1.21 bits per heavy atom. The van der Waals surface area contributed by atoms with E-state index in [2.05, 4.69) is 20.7 Å². The van der Waals surface area contributed by atoms with Crippen molar-refractivity contribution in [3.05, 3.63) is 52.2 Å². The summed E-state index contributed by atoms with van der Waals surface area (Å²) in [6.45, 7) is 5.46. The van der Waals surface area contributed by atoms with Crippen LogP contribution in [0.3, 0.4) is 0 Å². The summed E-state index contributed by atoms with van der Waals surface area (Å²) in [5.41, 5.74) is 1.03. The molecule has 1 atom stereocenters. The van der Waals surface area contributed by atoms with Crippen LogP contribution in [0.15, 0.2) is 41.8 Å². The van der Waals surface area contributed by atoms with Crippen LogP contribution < -0.4 is 5.32 Å². The molecule has 1 unspecified atom stereocenters. The summed E-state index contributed by atoms with van der Waals surface area (Å²) in [5.74, 6) is -0.288. The van der Waals surface area contributed by atoms with Gasteiger partial charge < -0.3 is 10.1 Å². The predicted octanol–water partition coefficient (Wildman–Crippen LogP) is 2.84. The van der Waals surface area contributed by atoms with Gasteiger partial charge in [0.05, 0.1) is 17.7 Å². The molecule has 0 aliphatic heterocycles. The van der Waals surface area contributed by atoms with E-state index in [0.29, 0.717) is 17.0 Å². The number of thiophene rings is 1. The number of nitrogens with zero attached hydrogens (tertiary/aromatic N) is 4. The first kappa shape index (κ1) is 19.7. The molecule has 0 aliphatic rings. The lowest BCUT2D eigenvalue weighted by Gasteiger charge is -2.11.